The fraction of sp³-hybridized carbons (Fsp3) is 0.127. The molecule has 8 bridgehead atoms. The Bertz CT molecular complexity index is 4410. The van der Waals surface area contributed by atoms with Crippen molar-refractivity contribution in [3.05, 3.63) is 175 Å². The Morgan fingerprint density at radius 2 is 0.671 bits per heavy atom. The van der Waals surface area contributed by atoms with Crippen LogP contribution >= 0.6 is 0 Å². The van der Waals surface area contributed by atoms with E-state index in [1.54, 1.807) is 0 Å². The van der Waals surface area contributed by atoms with Crippen LogP contribution in [0.1, 0.15) is 52.7 Å². The van der Waals surface area contributed by atoms with Gasteiger partial charge in [0.1, 0.15) is 16.9 Å². The lowest BCUT2D eigenvalue weighted by Crippen LogP contribution is -2.16. The Hall–Kier alpha value is -8.55. The molecule has 0 amide bonds. The molecular formula is C63H47N7. The SMILES string of the molecule is CC(C)(C)c1cc(-c2c3nc(nc4[nH]c(nc5nc(nc6[nH]c2c2cc7ccccc7cc62)-c2cc6ccccc6cc2-5)c2cc5ccccc5cc42)-c2cc4ccccc4cc2-3)cc(C(C)(C)C)c1. The molecule has 2 N–H and O–H groups in total. The number of rotatable bonds is 1. The molecule has 7 nitrogen and oxygen atoms in total. The second-order valence-electron chi connectivity index (χ2n) is 21.2. The van der Waals surface area contributed by atoms with E-state index in [0.29, 0.717) is 34.4 Å². The van der Waals surface area contributed by atoms with E-state index < -0.39 is 0 Å². The fourth-order valence-corrected chi connectivity index (χ4v) is 10.7. The molecule has 0 unspecified atom stereocenters. The van der Waals surface area contributed by atoms with Crippen molar-refractivity contribution in [3.8, 4) is 56.5 Å². The summed E-state index contributed by atoms with van der Waals surface area (Å²) in [7, 11) is 0. The minimum absolute atomic E-state index is 0.143. The van der Waals surface area contributed by atoms with Crippen LogP contribution in [0.2, 0.25) is 0 Å². The third-order valence-electron chi connectivity index (χ3n) is 14.6. The summed E-state index contributed by atoms with van der Waals surface area (Å²) in [6.07, 6.45) is 0. The number of benzene rings is 9. The molecule has 0 spiro atoms. The predicted octanol–water partition coefficient (Wildman–Crippen LogP) is 16.3. The fourth-order valence-electron chi connectivity index (χ4n) is 10.7. The van der Waals surface area contributed by atoms with Crippen molar-refractivity contribution in [2.75, 3.05) is 0 Å². The molecule has 0 saturated carbocycles. The summed E-state index contributed by atoms with van der Waals surface area (Å²) in [6, 6.07) is 59.2. The van der Waals surface area contributed by atoms with Crippen LogP contribution in [-0.4, -0.2) is 34.9 Å². The normalized spacial score (nSPS) is 12.7. The monoisotopic (exact) mass is 901 g/mol. The molecule has 2 aliphatic rings. The average molecular weight is 902 g/mol. The highest BCUT2D eigenvalue weighted by Crippen LogP contribution is 2.47. The van der Waals surface area contributed by atoms with Gasteiger partial charge >= 0.3 is 0 Å². The molecule has 5 heterocycles. The molecule has 0 atom stereocenters. The smallest absolute Gasteiger partial charge is 0.164 e. The molecule has 0 fully saturated rings. The van der Waals surface area contributed by atoms with E-state index in [1.165, 1.54) is 11.1 Å². The topological polar surface area (TPSA) is 96.0 Å². The quantitative estimate of drug-likeness (QED) is 0.171. The van der Waals surface area contributed by atoms with E-state index in [1.807, 2.05) is 0 Å². The Balaban J connectivity index is 1.25. The van der Waals surface area contributed by atoms with Gasteiger partial charge < -0.3 is 9.97 Å². The molecule has 9 aromatic carbocycles. The Morgan fingerprint density at radius 3 is 1.10 bits per heavy atom. The van der Waals surface area contributed by atoms with Crippen LogP contribution in [0.3, 0.4) is 0 Å². The molecule has 12 aromatic rings. The van der Waals surface area contributed by atoms with E-state index in [0.717, 1.165) is 109 Å². The highest BCUT2D eigenvalue weighted by molar-refractivity contribution is 6.18. The summed E-state index contributed by atoms with van der Waals surface area (Å²) < 4.78 is 0. The van der Waals surface area contributed by atoms with Gasteiger partial charge in [-0.25, -0.2) is 24.9 Å². The molecule has 0 saturated heterocycles. The lowest BCUT2D eigenvalue weighted by atomic mass is 9.78. The van der Waals surface area contributed by atoms with Crippen molar-refractivity contribution in [3.63, 3.8) is 0 Å². The first-order valence-corrected chi connectivity index (χ1v) is 24.1. The van der Waals surface area contributed by atoms with Gasteiger partial charge in [-0.15, -0.1) is 0 Å². The van der Waals surface area contributed by atoms with Gasteiger partial charge in [-0.05, 0) is 119 Å². The second-order valence-corrected chi connectivity index (χ2v) is 21.2. The number of hydrogen-bond donors (Lipinski definition) is 2. The number of aromatic nitrogens is 7. The van der Waals surface area contributed by atoms with Gasteiger partial charge in [0.25, 0.3) is 0 Å². The standard InChI is InChI=1S/C63H47N7/c1-62(2,3)43-23-42(24-44(33-43)63(4,5)6)53-54-45-25-34-15-7-9-17-36(34)27-47(45)56(64-54)66-58-49-29-38-19-11-13-21-40(38)31-51(49)60(68-58)70-61-52-32-41-22-14-12-20-39(41)30-50(52)59(69-61)67-57-48-28-37-18-10-8-16-35(37)26-46(48)55(53)65-57/h7-33H,1-6H3,(H2,64,65,66,67,68,69,70). The molecule has 0 aliphatic carbocycles. The highest BCUT2D eigenvalue weighted by Gasteiger charge is 2.29. The summed E-state index contributed by atoms with van der Waals surface area (Å²) >= 11 is 0. The summed E-state index contributed by atoms with van der Waals surface area (Å²) in [6.45, 7) is 13.8. The summed E-state index contributed by atoms with van der Waals surface area (Å²) in [5.41, 5.74) is 11.9. The van der Waals surface area contributed by atoms with Crippen molar-refractivity contribution in [2.24, 2.45) is 0 Å². The maximum Gasteiger partial charge on any atom is 0.164 e. The van der Waals surface area contributed by atoms with Crippen molar-refractivity contribution < 1.29 is 0 Å². The van der Waals surface area contributed by atoms with Gasteiger partial charge in [0.2, 0.25) is 0 Å². The Kier molecular flexibility index (Phi) is 8.38. The Labute approximate surface area is 404 Å². The molecule has 3 aromatic heterocycles. The molecule has 14 rings (SSSR count). The van der Waals surface area contributed by atoms with Crippen LogP contribution in [-0.2, 0) is 10.8 Å². The maximum absolute atomic E-state index is 5.76. The molecule has 2 aliphatic heterocycles. The van der Waals surface area contributed by atoms with Crippen LogP contribution in [0.15, 0.2) is 164 Å². The number of fused-ring (bicyclic) bond motifs is 24. The predicted molar refractivity (Wildman–Crippen MR) is 291 cm³/mol. The van der Waals surface area contributed by atoms with E-state index in [2.05, 4.69) is 215 Å². The summed E-state index contributed by atoms with van der Waals surface area (Å²) in [5.74, 6) is 1.81. The lowest BCUT2D eigenvalue weighted by Gasteiger charge is -2.26. The van der Waals surface area contributed by atoms with Crippen molar-refractivity contribution in [2.45, 2.75) is 52.4 Å². The first kappa shape index (κ1) is 40.5. The van der Waals surface area contributed by atoms with Crippen molar-refractivity contribution in [1.29, 1.82) is 0 Å². The van der Waals surface area contributed by atoms with E-state index in [-0.39, 0.29) is 10.8 Å². The maximum atomic E-state index is 5.76. The minimum Gasteiger partial charge on any atom is -0.339 e. The molecule has 7 heteroatoms. The van der Waals surface area contributed by atoms with E-state index in [4.69, 9.17) is 24.9 Å². The first-order chi connectivity index (χ1) is 33.9. The Morgan fingerprint density at radius 1 is 0.329 bits per heavy atom. The van der Waals surface area contributed by atoms with Gasteiger partial charge in [-0.2, -0.15) is 0 Å². The van der Waals surface area contributed by atoms with Crippen LogP contribution < -0.4 is 0 Å². The van der Waals surface area contributed by atoms with Crippen molar-refractivity contribution in [1.82, 2.24) is 34.9 Å². The van der Waals surface area contributed by atoms with E-state index in [9.17, 15) is 0 Å². The minimum atomic E-state index is -0.143. The second kappa shape index (κ2) is 14.5. The molecule has 70 heavy (non-hydrogen) atoms. The van der Waals surface area contributed by atoms with Crippen LogP contribution in [0.5, 0.6) is 0 Å². The molecule has 0 radical (unpaired) electrons. The van der Waals surface area contributed by atoms with Gasteiger partial charge in [0, 0.05) is 49.4 Å². The number of H-pyrrole nitrogens is 2. The summed E-state index contributed by atoms with van der Waals surface area (Å²) in [5, 5.41) is 12.9. The number of nitrogens with zero attached hydrogens (tertiary/aromatic N) is 5. The number of hydrogen-bond acceptors (Lipinski definition) is 5. The van der Waals surface area contributed by atoms with Gasteiger partial charge in [0.05, 0.1) is 11.2 Å². The largest absolute Gasteiger partial charge is 0.339 e. The molecule has 334 valence electrons. The highest BCUT2D eigenvalue weighted by atomic mass is 15.0. The molecular weight excluding hydrogens is 855 g/mol. The third kappa shape index (κ3) is 6.31. The van der Waals surface area contributed by atoms with Crippen LogP contribution in [0, 0.1) is 0 Å². The van der Waals surface area contributed by atoms with Gasteiger partial charge in [0.15, 0.2) is 17.5 Å². The van der Waals surface area contributed by atoms with Gasteiger partial charge in [-0.1, -0.05) is 157 Å². The third-order valence-corrected chi connectivity index (χ3v) is 14.6. The number of aromatic amines is 2. The van der Waals surface area contributed by atoms with Gasteiger partial charge in [-0.3, -0.25) is 0 Å². The first-order valence-electron chi connectivity index (χ1n) is 24.1. The zero-order valence-corrected chi connectivity index (χ0v) is 39.8. The van der Waals surface area contributed by atoms with Crippen molar-refractivity contribution >= 4 is 87.1 Å². The zero-order chi connectivity index (χ0) is 47.2. The lowest BCUT2D eigenvalue weighted by molar-refractivity contribution is 0.569. The summed E-state index contributed by atoms with van der Waals surface area (Å²) in [4.78, 5) is 35.5. The van der Waals surface area contributed by atoms with Crippen LogP contribution in [0.25, 0.3) is 144 Å². The van der Waals surface area contributed by atoms with E-state index >= 15 is 0 Å². The number of nitrogens with one attached hydrogen (secondary N) is 2. The average Bonchev–Trinajstić information content (AvgIpc) is 4.08. The van der Waals surface area contributed by atoms with Crippen LogP contribution in [0.4, 0.5) is 0 Å². The zero-order valence-electron chi connectivity index (χ0n) is 39.8.